The summed E-state index contributed by atoms with van der Waals surface area (Å²) in [5, 5.41) is 4.15. The molecule has 1 unspecified atom stereocenters. The van der Waals surface area contributed by atoms with Gasteiger partial charge in [0.15, 0.2) is 0 Å². The van der Waals surface area contributed by atoms with E-state index in [4.69, 9.17) is 23.8 Å². The van der Waals surface area contributed by atoms with Gasteiger partial charge in [0.05, 0.1) is 4.88 Å². The highest BCUT2D eigenvalue weighted by atomic mass is 35.5. The summed E-state index contributed by atoms with van der Waals surface area (Å²) in [4.78, 5) is 7.37. The van der Waals surface area contributed by atoms with Gasteiger partial charge in [0.2, 0.25) is 0 Å². The third kappa shape index (κ3) is 2.97. The summed E-state index contributed by atoms with van der Waals surface area (Å²) in [5.74, 6) is 0.331. The number of benzene rings is 1. The van der Waals surface area contributed by atoms with Crippen molar-refractivity contribution in [3.63, 3.8) is 0 Å². The van der Waals surface area contributed by atoms with Gasteiger partial charge < -0.3 is 5.32 Å². The van der Waals surface area contributed by atoms with Gasteiger partial charge in [0.25, 0.3) is 0 Å². The summed E-state index contributed by atoms with van der Waals surface area (Å²) < 4.78 is 0. The molecule has 3 aromatic rings. The Hall–Kier alpha value is -1.75. The first kappa shape index (κ1) is 15.8. The number of pyridine rings is 1. The Morgan fingerprint density at radius 2 is 1.88 bits per heavy atom. The maximum absolute atomic E-state index is 6.05. The number of aromatic nitrogens is 1. The predicted molar refractivity (Wildman–Crippen MR) is 105 cm³/mol. The zero-order chi connectivity index (χ0) is 16.5. The molecule has 1 aliphatic heterocycles. The van der Waals surface area contributed by atoms with Crippen molar-refractivity contribution in [2.45, 2.75) is 12.3 Å². The van der Waals surface area contributed by atoms with Crippen LogP contribution in [0.2, 0.25) is 5.02 Å². The lowest BCUT2D eigenvalue weighted by molar-refractivity contribution is 0.709. The first-order valence-electron chi connectivity index (χ1n) is 7.80. The Morgan fingerprint density at radius 3 is 2.62 bits per heavy atom. The summed E-state index contributed by atoms with van der Waals surface area (Å²) in [5.41, 5.74) is 3.77. The molecule has 120 valence electrons. The predicted octanol–water partition coefficient (Wildman–Crippen LogP) is 5.26. The van der Waals surface area contributed by atoms with E-state index in [1.165, 1.54) is 26.4 Å². The van der Waals surface area contributed by atoms with Crippen LogP contribution >= 0.6 is 35.2 Å². The van der Waals surface area contributed by atoms with Gasteiger partial charge in [-0.3, -0.25) is 4.98 Å². The highest BCUT2D eigenvalue weighted by Crippen LogP contribution is 2.40. The Morgan fingerprint density at radius 1 is 1.12 bits per heavy atom. The Kier molecular flexibility index (Phi) is 4.35. The highest BCUT2D eigenvalue weighted by Gasteiger charge is 2.25. The van der Waals surface area contributed by atoms with Crippen LogP contribution in [0.3, 0.4) is 0 Å². The van der Waals surface area contributed by atoms with E-state index in [0.717, 1.165) is 23.0 Å². The minimum absolute atomic E-state index is 0.331. The van der Waals surface area contributed by atoms with Crippen LogP contribution in [-0.2, 0) is 0 Å². The van der Waals surface area contributed by atoms with Crippen LogP contribution in [0, 0.1) is 0 Å². The van der Waals surface area contributed by atoms with Crippen molar-refractivity contribution in [2.24, 2.45) is 0 Å². The van der Waals surface area contributed by atoms with Gasteiger partial charge in [-0.05, 0) is 53.4 Å². The first-order valence-corrected chi connectivity index (χ1v) is 9.40. The lowest BCUT2D eigenvalue weighted by Gasteiger charge is -2.15. The summed E-state index contributed by atoms with van der Waals surface area (Å²) in [6.07, 6.45) is 4.67. The van der Waals surface area contributed by atoms with Gasteiger partial charge >= 0.3 is 0 Å². The second-order valence-electron chi connectivity index (χ2n) is 5.78. The van der Waals surface area contributed by atoms with E-state index >= 15 is 0 Å². The van der Waals surface area contributed by atoms with E-state index in [9.17, 15) is 0 Å². The maximum atomic E-state index is 6.05. The molecule has 24 heavy (non-hydrogen) atoms. The smallest absolute Gasteiger partial charge is 0.117 e. The van der Waals surface area contributed by atoms with E-state index in [1.54, 1.807) is 11.3 Å². The monoisotopic (exact) mass is 370 g/mol. The molecule has 0 amide bonds. The van der Waals surface area contributed by atoms with Crippen LogP contribution in [-0.4, -0.2) is 16.5 Å². The molecule has 3 heterocycles. The third-order valence-electron chi connectivity index (χ3n) is 4.30. The topological polar surface area (TPSA) is 24.9 Å². The molecule has 0 bridgehead atoms. The fourth-order valence-corrected chi connectivity index (χ4v) is 4.72. The lowest BCUT2D eigenvalue weighted by atomic mass is 9.89. The quantitative estimate of drug-likeness (QED) is 0.622. The number of hydrogen-bond acceptors (Lipinski definition) is 3. The Balaban J connectivity index is 1.82. The van der Waals surface area contributed by atoms with E-state index in [2.05, 4.69) is 28.5 Å². The molecule has 5 heteroatoms. The van der Waals surface area contributed by atoms with E-state index in [1.807, 2.05) is 36.7 Å². The normalized spacial score (nSPS) is 17.0. The molecule has 4 rings (SSSR count). The molecule has 0 saturated carbocycles. The van der Waals surface area contributed by atoms with Gasteiger partial charge in [0, 0.05) is 34.8 Å². The minimum atomic E-state index is 0.331. The summed E-state index contributed by atoms with van der Waals surface area (Å²) in [6.45, 7) is 0.887. The summed E-state index contributed by atoms with van der Waals surface area (Å²) in [7, 11) is 0. The average Bonchev–Trinajstić information content (AvgIpc) is 2.99. The number of halogens is 1. The number of thiophene rings is 1. The van der Waals surface area contributed by atoms with Gasteiger partial charge in [-0.25, -0.2) is 0 Å². The molecule has 2 aromatic heterocycles. The van der Waals surface area contributed by atoms with Crippen molar-refractivity contribution in [2.75, 3.05) is 6.54 Å². The standard InChI is InChI=1S/C19H15ClN2S2/c20-14-3-1-12(2-4-14)15-7-10-22-19(23)18-16(15)11-17(24-18)13-5-8-21-9-6-13/h1-6,8-9,11,15H,7,10H2,(H,22,23). The van der Waals surface area contributed by atoms with Crippen LogP contribution in [0.15, 0.2) is 54.9 Å². The zero-order valence-corrected chi connectivity index (χ0v) is 15.2. The van der Waals surface area contributed by atoms with Crippen LogP contribution in [0.5, 0.6) is 0 Å². The molecule has 1 aromatic carbocycles. The van der Waals surface area contributed by atoms with E-state index < -0.39 is 0 Å². The SMILES string of the molecule is S=C1NCCC(c2ccc(Cl)cc2)c2cc(-c3ccncc3)sc21. The molecule has 2 nitrogen and oxygen atoms in total. The molecule has 0 aliphatic carbocycles. The van der Waals surface area contributed by atoms with E-state index in [0.29, 0.717) is 5.92 Å². The number of hydrogen-bond donors (Lipinski definition) is 1. The highest BCUT2D eigenvalue weighted by molar-refractivity contribution is 7.81. The molecule has 0 radical (unpaired) electrons. The number of thiocarbonyl (C=S) groups is 1. The van der Waals surface area contributed by atoms with Crippen molar-refractivity contribution in [3.8, 4) is 10.4 Å². The second kappa shape index (κ2) is 6.63. The molecule has 0 fully saturated rings. The van der Waals surface area contributed by atoms with Gasteiger partial charge in [-0.15, -0.1) is 11.3 Å². The van der Waals surface area contributed by atoms with Crippen molar-refractivity contribution >= 4 is 40.1 Å². The molecule has 0 spiro atoms. The molecule has 0 saturated heterocycles. The largest absolute Gasteiger partial charge is 0.375 e. The summed E-state index contributed by atoms with van der Waals surface area (Å²) >= 11 is 13.4. The van der Waals surface area contributed by atoms with Gasteiger partial charge in [0.1, 0.15) is 4.99 Å². The minimum Gasteiger partial charge on any atom is -0.375 e. The van der Waals surface area contributed by atoms with Crippen LogP contribution in [0.1, 0.15) is 28.3 Å². The maximum Gasteiger partial charge on any atom is 0.117 e. The molecule has 1 N–H and O–H groups in total. The van der Waals surface area contributed by atoms with Gasteiger partial charge in [-0.1, -0.05) is 36.0 Å². The van der Waals surface area contributed by atoms with Gasteiger partial charge in [-0.2, -0.15) is 0 Å². The molecule has 1 aliphatic rings. The zero-order valence-electron chi connectivity index (χ0n) is 12.8. The van der Waals surface area contributed by atoms with Crippen LogP contribution in [0.25, 0.3) is 10.4 Å². The number of rotatable bonds is 2. The Labute approximate surface area is 155 Å². The molecule has 1 atom stereocenters. The van der Waals surface area contributed by atoms with Crippen molar-refractivity contribution in [1.29, 1.82) is 0 Å². The lowest BCUT2D eigenvalue weighted by Crippen LogP contribution is -2.20. The Bertz CT molecular complexity index is 872. The van der Waals surface area contributed by atoms with Crippen molar-refractivity contribution < 1.29 is 0 Å². The molecular formula is C19H15ClN2S2. The fourth-order valence-electron chi connectivity index (χ4n) is 3.11. The van der Waals surface area contributed by atoms with Crippen molar-refractivity contribution in [1.82, 2.24) is 10.3 Å². The van der Waals surface area contributed by atoms with Crippen molar-refractivity contribution in [3.05, 3.63) is 75.9 Å². The van der Waals surface area contributed by atoms with Crippen LogP contribution < -0.4 is 5.32 Å². The number of nitrogens with one attached hydrogen (secondary N) is 1. The third-order valence-corrected chi connectivity index (χ3v) is 6.25. The second-order valence-corrected chi connectivity index (χ2v) is 7.68. The van der Waals surface area contributed by atoms with E-state index in [-0.39, 0.29) is 0 Å². The average molecular weight is 371 g/mol. The van der Waals surface area contributed by atoms with Crippen LogP contribution in [0.4, 0.5) is 0 Å². The molecular weight excluding hydrogens is 356 g/mol. The first-order chi connectivity index (χ1) is 11.7. The fraction of sp³-hybridized carbons (Fsp3) is 0.158. The summed E-state index contributed by atoms with van der Waals surface area (Å²) in [6, 6.07) is 14.5. The number of fused-ring (bicyclic) bond motifs is 1. The number of nitrogens with zero attached hydrogens (tertiary/aromatic N) is 1.